The van der Waals surface area contributed by atoms with Crippen LogP contribution < -0.4 is 0 Å². The summed E-state index contributed by atoms with van der Waals surface area (Å²) in [5, 5.41) is 7.65. The zero-order valence-corrected chi connectivity index (χ0v) is 8.18. The highest BCUT2D eigenvalue weighted by Gasteiger charge is 2.03. The quantitative estimate of drug-likeness (QED) is 0.675. The van der Waals surface area contributed by atoms with Crippen molar-refractivity contribution in [2.45, 2.75) is 0 Å². The molecule has 0 fully saturated rings. The minimum atomic E-state index is -0.369. The van der Waals surface area contributed by atoms with Gasteiger partial charge in [-0.3, -0.25) is 15.1 Å². The van der Waals surface area contributed by atoms with Crippen molar-refractivity contribution in [3.63, 3.8) is 0 Å². The van der Waals surface area contributed by atoms with Crippen LogP contribution >= 0.6 is 0 Å². The van der Waals surface area contributed by atoms with Gasteiger partial charge in [-0.1, -0.05) is 0 Å². The van der Waals surface area contributed by atoms with Crippen molar-refractivity contribution < 1.29 is 4.39 Å². The molecular weight excluding hydrogens is 207 g/mol. The maximum Gasteiger partial charge on any atom is 0.142 e. The van der Waals surface area contributed by atoms with Crippen LogP contribution in [0.1, 0.15) is 0 Å². The van der Waals surface area contributed by atoms with Gasteiger partial charge in [-0.25, -0.2) is 4.39 Å². The molecule has 0 aromatic carbocycles. The fourth-order valence-electron chi connectivity index (χ4n) is 1.55. The molecule has 0 spiro atoms. The highest BCUT2D eigenvalue weighted by molar-refractivity contribution is 5.81. The third-order valence-corrected chi connectivity index (χ3v) is 2.33. The first kappa shape index (κ1) is 8.96. The molecule has 16 heavy (non-hydrogen) atoms. The van der Waals surface area contributed by atoms with Gasteiger partial charge in [-0.05, 0) is 12.1 Å². The Bertz CT molecular complexity index is 647. The number of aromatic nitrogens is 4. The van der Waals surface area contributed by atoms with Crippen molar-refractivity contribution in [2.75, 3.05) is 0 Å². The molecule has 78 valence electrons. The lowest BCUT2D eigenvalue weighted by Crippen LogP contribution is -1.86. The van der Waals surface area contributed by atoms with E-state index in [1.165, 1.54) is 12.3 Å². The van der Waals surface area contributed by atoms with E-state index < -0.39 is 0 Å². The molecule has 3 aromatic heterocycles. The first-order valence-corrected chi connectivity index (χ1v) is 4.73. The van der Waals surface area contributed by atoms with E-state index in [-0.39, 0.29) is 5.82 Å². The van der Waals surface area contributed by atoms with E-state index in [1.54, 1.807) is 18.6 Å². The number of rotatable bonds is 1. The summed E-state index contributed by atoms with van der Waals surface area (Å²) >= 11 is 0. The Morgan fingerprint density at radius 1 is 1.06 bits per heavy atom. The van der Waals surface area contributed by atoms with E-state index in [0.29, 0.717) is 11.3 Å². The smallest absolute Gasteiger partial charge is 0.142 e. The van der Waals surface area contributed by atoms with Gasteiger partial charge < -0.3 is 0 Å². The number of hydrogen-bond donors (Lipinski definition) is 1. The number of aromatic amines is 1. The van der Waals surface area contributed by atoms with Crippen LogP contribution in [0.15, 0.2) is 36.9 Å². The Morgan fingerprint density at radius 3 is 2.88 bits per heavy atom. The molecule has 0 saturated heterocycles. The van der Waals surface area contributed by atoms with Crippen molar-refractivity contribution in [1.82, 2.24) is 20.2 Å². The molecule has 0 aliphatic rings. The van der Waals surface area contributed by atoms with Crippen molar-refractivity contribution in [2.24, 2.45) is 0 Å². The number of nitrogens with zero attached hydrogens (tertiary/aromatic N) is 3. The molecule has 0 radical (unpaired) electrons. The molecular formula is C11H7FN4. The summed E-state index contributed by atoms with van der Waals surface area (Å²) in [6.45, 7) is 0. The number of hydrogen-bond acceptors (Lipinski definition) is 3. The minimum absolute atomic E-state index is 0.369. The molecule has 5 heteroatoms. The first-order valence-electron chi connectivity index (χ1n) is 4.73. The second-order valence-corrected chi connectivity index (χ2v) is 3.42. The maximum absolute atomic E-state index is 13.0. The van der Waals surface area contributed by atoms with Gasteiger partial charge in [0.2, 0.25) is 0 Å². The van der Waals surface area contributed by atoms with E-state index in [9.17, 15) is 4.39 Å². The zero-order valence-electron chi connectivity index (χ0n) is 8.18. The normalized spacial score (nSPS) is 10.8. The van der Waals surface area contributed by atoms with Crippen LogP contribution in [0.3, 0.4) is 0 Å². The van der Waals surface area contributed by atoms with Crippen LogP contribution in [0.4, 0.5) is 4.39 Å². The maximum atomic E-state index is 13.0. The highest BCUT2D eigenvalue weighted by atomic mass is 19.1. The van der Waals surface area contributed by atoms with Crippen LogP contribution in [0.5, 0.6) is 0 Å². The third kappa shape index (κ3) is 1.42. The monoisotopic (exact) mass is 214 g/mol. The van der Waals surface area contributed by atoms with Gasteiger partial charge in [0.15, 0.2) is 0 Å². The van der Waals surface area contributed by atoms with Crippen molar-refractivity contribution >= 4 is 10.9 Å². The molecule has 0 aliphatic heterocycles. The van der Waals surface area contributed by atoms with Crippen LogP contribution in [-0.2, 0) is 0 Å². The third-order valence-electron chi connectivity index (χ3n) is 2.33. The first-order chi connectivity index (χ1) is 7.83. The summed E-state index contributed by atoms with van der Waals surface area (Å²) in [5.74, 6) is -0.369. The standard InChI is InChI=1S/C11H7FN4/c12-9-1-7(3-13-5-9)10-2-8-4-15-16-11(8)6-14-10/h1-6H,(H,15,16). The van der Waals surface area contributed by atoms with Crippen LogP contribution in [-0.4, -0.2) is 20.2 Å². The van der Waals surface area contributed by atoms with E-state index in [0.717, 1.165) is 10.9 Å². The molecule has 3 rings (SSSR count). The number of H-pyrrole nitrogens is 1. The summed E-state index contributed by atoms with van der Waals surface area (Å²) in [7, 11) is 0. The SMILES string of the molecule is Fc1cncc(-c2cc3cn[nH]c3cn2)c1. The van der Waals surface area contributed by atoms with Gasteiger partial charge in [-0.2, -0.15) is 5.10 Å². The summed E-state index contributed by atoms with van der Waals surface area (Å²) in [6.07, 6.45) is 6.12. The zero-order chi connectivity index (χ0) is 11.0. The van der Waals surface area contributed by atoms with Crippen LogP contribution in [0, 0.1) is 5.82 Å². The number of pyridine rings is 2. The van der Waals surface area contributed by atoms with Crippen molar-refractivity contribution in [3.05, 3.63) is 42.7 Å². The molecule has 0 amide bonds. The average molecular weight is 214 g/mol. The van der Waals surface area contributed by atoms with Gasteiger partial charge in [0.25, 0.3) is 0 Å². The Balaban J connectivity index is 2.18. The van der Waals surface area contributed by atoms with Crippen LogP contribution in [0.2, 0.25) is 0 Å². The van der Waals surface area contributed by atoms with Crippen molar-refractivity contribution in [3.8, 4) is 11.3 Å². The Hall–Kier alpha value is -2.30. The Labute approximate surface area is 90.2 Å². The van der Waals surface area contributed by atoms with E-state index >= 15 is 0 Å². The molecule has 0 saturated carbocycles. The number of halogens is 1. The highest BCUT2D eigenvalue weighted by Crippen LogP contribution is 2.20. The second-order valence-electron chi connectivity index (χ2n) is 3.42. The average Bonchev–Trinajstić information content (AvgIpc) is 2.75. The Morgan fingerprint density at radius 2 is 2.00 bits per heavy atom. The van der Waals surface area contributed by atoms with Gasteiger partial charge in [-0.15, -0.1) is 0 Å². The number of nitrogens with one attached hydrogen (secondary N) is 1. The van der Waals surface area contributed by atoms with E-state index in [1.807, 2.05) is 6.07 Å². The lowest BCUT2D eigenvalue weighted by atomic mass is 10.1. The predicted octanol–water partition coefficient (Wildman–Crippen LogP) is 2.16. The molecule has 1 N–H and O–H groups in total. The van der Waals surface area contributed by atoms with Gasteiger partial charge >= 0.3 is 0 Å². The molecule has 0 aliphatic carbocycles. The molecule has 3 aromatic rings. The Kier molecular flexibility index (Phi) is 1.89. The van der Waals surface area contributed by atoms with Crippen molar-refractivity contribution in [1.29, 1.82) is 0 Å². The van der Waals surface area contributed by atoms with Gasteiger partial charge in [0.1, 0.15) is 5.82 Å². The number of fused-ring (bicyclic) bond motifs is 1. The molecule has 0 atom stereocenters. The molecule has 3 heterocycles. The lowest BCUT2D eigenvalue weighted by Gasteiger charge is -1.99. The molecule has 0 unspecified atom stereocenters. The van der Waals surface area contributed by atoms with Crippen LogP contribution in [0.25, 0.3) is 22.2 Å². The topological polar surface area (TPSA) is 54.5 Å². The second kappa shape index (κ2) is 3.37. The van der Waals surface area contributed by atoms with E-state index in [4.69, 9.17) is 0 Å². The molecule has 4 nitrogen and oxygen atoms in total. The summed E-state index contributed by atoms with van der Waals surface area (Å²) in [5.41, 5.74) is 2.19. The van der Waals surface area contributed by atoms with Gasteiger partial charge in [0.05, 0.1) is 29.8 Å². The lowest BCUT2D eigenvalue weighted by molar-refractivity contribution is 0.622. The summed E-state index contributed by atoms with van der Waals surface area (Å²) in [4.78, 5) is 8.00. The molecule has 0 bridgehead atoms. The summed E-state index contributed by atoms with van der Waals surface area (Å²) in [6, 6.07) is 3.25. The predicted molar refractivity (Wildman–Crippen MR) is 57.1 cm³/mol. The summed E-state index contributed by atoms with van der Waals surface area (Å²) < 4.78 is 13.0. The largest absolute Gasteiger partial charge is 0.276 e. The fourth-order valence-corrected chi connectivity index (χ4v) is 1.55. The van der Waals surface area contributed by atoms with Gasteiger partial charge in [0, 0.05) is 17.1 Å². The fraction of sp³-hybridized carbons (Fsp3) is 0. The van der Waals surface area contributed by atoms with E-state index in [2.05, 4.69) is 20.2 Å². The minimum Gasteiger partial charge on any atom is -0.276 e.